The molecule has 0 spiro atoms. The standard InChI is InChI=1S/C25H34O4/c1-23(2,3)22-20-10-6-8-18(16-20)12-14-28-24(4,26)21-11-7-9-19(17-21)13-15-29-25(22,5)27/h6-11,16-17,22,26-27H,12-15H2,1-5H3/t22-,24?,25?/m1/s1. The van der Waals surface area contributed by atoms with E-state index in [0.29, 0.717) is 26.1 Å². The Hall–Kier alpha value is -1.72. The molecule has 0 aliphatic carbocycles. The van der Waals surface area contributed by atoms with Crippen LogP contribution in [0.4, 0.5) is 0 Å². The fraction of sp³-hybridized carbons (Fsp3) is 0.520. The zero-order chi connectivity index (χ0) is 21.3. The number of ether oxygens (including phenoxy) is 2. The molecule has 1 aliphatic heterocycles. The molecular weight excluding hydrogens is 364 g/mol. The molecule has 2 N–H and O–H groups in total. The lowest BCUT2D eigenvalue weighted by Gasteiger charge is -2.41. The van der Waals surface area contributed by atoms with Gasteiger partial charge in [0.25, 0.3) is 0 Å². The summed E-state index contributed by atoms with van der Waals surface area (Å²) in [6.45, 7) is 10.6. The van der Waals surface area contributed by atoms with Gasteiger partial charge in [0.05, 0.1) is 13.2 Å². The van der Waals surface area contributed by atoms with Gasteiger partial charge in [-0.05, 0) is 48.8 Å². The van der Waals surface area contributed by atoms with E-state index >= 15 is 0 Å². The Morgan fingerprint density at radius 2 is 1.45 bits per heavy atom. The van der Waals surface area contributed by atoms with Gasteiger partial charge < -0.3 is 19.7 Å². The second-order valence-corrected chi connectivity index (χ2v) is 9.48. The molecule has 0 amide bonds. The monoisotopic (exact) mass is 398 g/mol. The first-order chi connectivity index (χ1) is 13.5. The summed E-state index contributed by atoms with van der Waals surface area (Å²) in [6.07, 6.45) is 1.31. The average molecular weight is 399 g/mol. The molecule has 0 saturated carbocycles. The molecule has 0 radical (unpaired) electrons. The van der Waals surface area contributed by atoms with Gasteiger partial charge in [0.1, 0.15) is 0 Å². The van der Waals surface area contributed by atoms with Crippen molar-refractivity contribution in [3.8, 4) is 0 Å². The number of fused-ring (bicyclic) bond motifs is 4. The van der Waals surface area contributed by atoms with E-state index in [0.717, 1.165) is 22.3 Å². The van der Waals surface area contributed by atoms with Gasteiger partial charge in [0, 0.05) is 11.5 Å². The van der Waals surface area contributed by atoms with E-state index in [4.69, 9.17) is 9.47 Å². The van der Waals surface area contributed by atoms with Gasteiger partial charge in [-0.25, -0.2) is 0 Å². The quantitative estimate of drug-likeness (QED) is 0.685. The third-order valence-electron chi connectivity index (χ3n) is 5.71. The highest BCUT2D eigenvalue weighted by atomic mass is 16.6. The molecule has 4 bridgehead atoms. The largest absolute Gasteiger partial charge is 0.365 e. The Balaban J connectivity index is 2.00. The van der Waals surface area contributed by atoms with Gasteiger partial charge in [-0.15, -0.1) is 0 Å². The minimum Gasteiger partial charge on any atom is -0.365 e. The number of aliphatic hydroxyl groups is 2. The van der Waals surface area contributed by atoms with Crippen molar-refractivity contribution in [2.45, 2.75) is 65.0 Å². The SMILES string of the molecule is CC1(O)OCCc2cccc(c2)[C@H](C(C)(C)C)C(C)(O)OCCc2cccc1c2. The first-order valence-electron chi connectivity index (χ1n) is 10.4. The van der Waals surface area contributed by atoms with Crippen LogP contribution in [-0.2, 0) is 28.1 Å². The van der Waals surface area contributed by atoms with Crippen molar-refractivity contribution in [1.29, 1.82) is 0 Å². The maximum absolute atomic E-state index is 11.3. The third kappa shape index (κ3) is 5.26. The Morgan fingerprint density at radius 1 is 0.862 bits per heavy atom. The van der Waals surface area contributed by atoms with E-state index < -0.39 is 11.6 Å². The second kappa shape index (κ2) is 8.19. The van der Waals surface area contributed by atoms with Gasteiger partial charge >= 0.3 is 0 Å². The molecule has 1 heterocycles. The molecule has 2 aromatic carbocycles. The fourth-order valence-electron chi connectivity index (χ4n) is 4.47. The van der Waals surface area contributed by atoms with E-state index in [1.165, 1.54) is 0 Å². The molecule has 29 heavy (non-hydrogen) atoms. The molecule has 2 aromatic rings. The summed E-state index contributed by atoms with van der Waals surface area (Å²) in [5, 5.41) is 22.1. The molecule has 0 saturated heterocycles. The van der Waals surface area contributed by atoms with Crippen LogP contribution in [0.3, 0.4) is 0 Å². The Labute approximate surface area is 174 Å². The summed E-state index contributed by atoms with van der Waals surface area (Å²) in [4.78, 5) is 0. The minimum absolute atomic E-state index is 0.198. The van der Waals surface area contributed by atoms with E-state index in [2.05, 4.69) is 39.0 Å². The van der Waals surface area contributed by atoms with E-state index in [-0.39, 0.29) is 11.3 Å². The summed E-state index contributed by atoms with van der Waals surface area (Å²) in [5.41, 5.74) is 3.70. The topological polar surface area (TPSA) is 58.9 Å². The van der Waals surface area contributed by atoms with Crippen LogP contribution >= 0.6 is 0 Å². The van der Waals surface area contributed by atoms with Crippen molar-refractivity contribution in [1.82, 2.24) is 0 Å². The summed E-state index contributed by atoms with van der Waals surface area (Å²) < 4.78 is 11.9. The summed E-state index contributed by atoms with van der Waals surface area (Å²) in [7, 11) is 0. The lowest BCUT2D eigenvalue weighted by molar-refractivity contribution is -0.220. The van der Waals surface area contributed by atoms with Crippen LogP contribution < -0.4 is 0 Å². The van der Waals surface area contributed by atoms with Crippen LogP contribution in [0.1, 0.15) is 62.8 Å². The van der Waals surface area contributed by atoms with Crippen LogP contribution in [0.25, 0.3) is 0 Å². The van der Waals surface area contributed by atoms with Crippen LogP contribution in [-0.4, -0.2) is 29.2 Å². The Kier molecular flexibility index (Phi) is 6.21. The molecular formula is C25H34O4. The van der Waals surface area contributed by atoms with Crippen molar-refractivity contribution >= 4 is 0 Å². The molecule has 1 aliphatic rings. The first-order valence-corrected chi connectivity index (χ1v) is 10.4. The molecule has 4 nitrogen and oxygen atoms in total. The highest BCUT2D eigenvalue weighted by Gasteiger charge is 2.42. The first kappa shape index (κ1) is 22.0. The smallest absolute Gasteiger partial charge is 0.189 e. The number of hydrogen-bond donors (Lipinski definition) is 2. The van der Waals surface area contributed by atoms with E-state index in [1.807, 2.05) is 30.3 Å². The van der Waals surface area contributed by atoms with Crippen LogP contribution in [0.15, 0.2) is 48.5 Å². The molecule has 0 aromatic heterocycles. The van der Waals surface area contributed by atoms with Crippen LogP contribution in [0, 0.1) is 5.41 Å². The second-order valence-electron chi connectivity index (χ2n) is 9.48. The maximum Gasteiger partial charge on any atom is 0.189 e. The molecule has 0 fully saturated rings. The average Bonchev–Trinajstić information content (AvgIpc) is 2.60. The number of hydrogen-bond acceptors (Lipinski definition) is 4. The van der Waals surface area contributed by atoms with Gasteiger partial charge in [0.15, 0.2) is 11.6 Å². The predicted molar refractivity (Wildman–Crippen MR) is 115 cm³/mol. The molecule has 3 atom stereocenters. The van der Waals surface area contributed by atoms with Crippen molar-refractivity contribution < 1.29 is 19.7 Å². The van der Waals surface area contributed by atoms with Crippen molar-refractivity contribution in [3.63, 3.8) is 0 Å². The van der Waals surface area contributed by atoms with Crippen molar-refractivity contribution in [2.24, 2.45) is 5.41 Å². The Morgan fingerprint density at radius 3 is 2.10 bits per heavy atom. The zero-order valence-electron chi connectivity index (χ0n) is 18.2. The maximum atomic E-state index is 11.3. The lowest BCUT2D eigenvalue weighted by atomic mass is 9.71. The summed E-state index contributed by atoms with van der Waals surface area (Å²) >= 11 is 0. The fourth-order valence-corrected chi connectivity index (χ4v) is 4.47. The van der Waals surface area contributed by atoms with E-state index in [9.17, 15) is 10.2 Å². The molecule has 158 valence electrons. The highest BCUT2D eigenvalue weighted by Crippen LogP contribution is 2.44. The summed E-state index contributed by atoms with van der Waals surface area (Å²) in [6, 6.07) is 16.0. The van der Waals surface area contributed by atoms with Gasteiger partial charge in [-0.1, -0.05) is 69.3 Å². The van der Waals surface area contributed by atoms with Crippen LogP contribution in [0.5, 0.6) is 0 Å². The molecule has 2 unspecified atom stereocenters. The van der Waals surface area contributed by atoms with Gasteiger partial charge in [-0.3, -0.25) is 0 Å². The van der Waals surface area contributed by atoms with Crippen LogP contribution in [0.2, 0.25) is 0 Å². The number of rotatable bonds is 0. The van der Waals surface area contributed by atoms with Gasteiger partial charge in [-0.2, -0.15) is 0 Å². The predicted octanol–water partition coefficient (Wildman–Crippen LogP) is 4.52. The van der Waals surface area contributed by atoms with Crippen molar-refractivity contribution in [2.75, 3.05) is 13.2 Å². The molecule has 4 heteroatoms. The van der Waals surface area contributed by atoms with E-state index in [1.54, 1.807) is 13.8 Å². The normalized spacial score (nSPS) is 29.0. The number of benzene rings is 2. The summed E-state index contributed by atoms with van der Waals surface area (Å²) in [5.74, 6) is -2.86. The Bertz CT molecular complexity index is 833. The third-order valence-corrected chi connectivity index (χ3v) is 5.71. The zero-order valence-corrected chi connectivity index (χ0v) is 18.2. The minimum atomic E-state index is -1.35. The van der Waals surface area contributed by atoms with Crippen molar-refractivity contribution in [3.05, 3.63) is 70.8 Å². The highest BCUT2D eigenvalue weighted by molar-refractivity contribution is 5.30. The lowest BCUT2D eigenvalue weighted by Crippen LogP contribution is -2.43. The van der Waals surface area contributed by atoms with Gasteiger partial charge in [0.2, 0.25) is 0 Å². The molecule has 3 rings (SSSR count).